The van der Waals surface area contributed by atoms with Gasteiger partial charge in [-0.2, -0.15) is 0 Å². The molecule has 0 spiro atoms. The van der Waals surface area contributed by atoms with Crippen molar-refractivity contribution in [3.05, 3.63) is 175 Å². The van der Waals surface area contributed by atoms with E-state index in [4.69, 9.17) is 19.7 Å². The van der Waals surface area contributed by atoms with Crippen LogP contribution in [0.25, 0.3) is 27.6 Å². The summed E-state index contributed by atoms with van der Waals surface area (Å²) in [6, 6.07) is 33.9. The fourth-order valence-electron chi connectivity index (χ4n) is 3.88. The average molecular weight is 601 g/mol. The lowest BCUT2D eigenvalue weighted by Crippen LogP contribution is -1.93. The zero-order valence-electron chi connectivity index (χ0n) is 26.8. The number of allylic oxidation sites excluding steroid dienone is 2. The van der Waals surface area contributed by atoms with Crippen LogP contribution in [-0.2, 0) is 11.3 Å². The van der Waals surface area contributed by atoms with Crippen LogP contribution in [0, 0.1) is 6.92 Å². The lowest BCUT2D eigenvalue weighted by atomic mass is 10.1. The van der Waals surface area contributed by atoms with Crippen molar-refractivity contribution in [3.63, 3.8) is 0 Å². The Bertz CT molecular complexity index is 1760. The maximum Gasteiger partial charge on any atom is 0.127 e. The highest BCUT2D eigenvalue weighted by atomic mass is 16.5. The van der Waals surface area contributed by atoms with E-state index in [1.54, 1.807) is 24.3 Å². The summed E-state index contributed by atoms with van der Waals surface area (Å²) in [6.07, 6.45) is 1.87. The van der Waals surface area contributed by atoms with Crippen molar-refractivity contribution in [3.8, 4) is 11.5 Å². The lowest BCUT2D eigenvalue weighted by Gasteiger charge is -2.09. The minimum atomic E-state index is 0.216. The first kappa shape index (κ1) is 35.9. The van der Waals surface area contributed by atoms with Gasteiger partial charge in [0.25, 0.3) is 0 Å². The van der Waals surface area contributed by atoms with Crippen molar-refractivity contribution in [2.75, 3.05) is 7.11 Å². The minimum Gasteiger partial charge on any atom is -0.508 e. The number of phenols is 1. The Morgan fingerprint density at radius 1 is 0.667 bits per heavy atom. The number of aliphatic hydroxyl groups is 1. The molecule has 0 saturated heterocycles. The predicted molar refractivity (Wildman–Crippen MR) is 192 cm³/mol. The molecule has 45 heavy (non-hydrogen) atoms. The number of aromatic hydroxyl groups is 1. The second-order valence-electron chi connectivity index (χ2n) is 10.3. The van der Waals surface area contributed by atoms with E-state index in [0.29, 0.717) is 23.9 Å². The summed E-state index contributed by atoms with van der Waals surface area (Å²) in [4.78, 5) is 0. The smallest absolute Gasteiger partial charge is 0.127 e. The van der Waals surface area contributed by atoms with E-state index in [1.807, 2.05) is 32.1 Å². The van der Waals surface area contributed by atoms with Crippen LogP contribution in [0.5, 0.6) is 11.5 Å². The van der Waals surface area contributed by atoms with Gasteiger partial charge in [0.05, 0.1) is 0 Å². The largest absolute Gasteiger partial charge is 0.508 e. The van der Waals surface area contributed by atoms with Crippen LogP contribution < -0.4 is 4.74 Å². The number of phenolic OH excluding ortho intramolecular Hbond substituents is 1. The molecule has 5 rings (SSSR count). The van der Waals surface area contributed by atoms with Crippen molar-refractivity contribution in [1.29, 1.82) is 0 Å². The number of aryl methyl sites for hydroxylation is 1. The molecule has 2 N–H and O–H groups in total. The molecule has 0 radical (unpaired) electrons. The molecule has 0 bridgehead atoms. The van der Waals surface area contributed by atoms with Crippen molar-refractivity contribution >= 4 is 27.6 Å². The molecule has 4 heteroatoms. The molecule has 0 amide bonds. The average Bonchev–Trinajstić information content (AvgIpc) is 3.05. The molecule has 0 saturated carbocycles. The van der Waals surface area contributed by atoms with Gasteiger partial charge in [-0.1, -0.05) is 111 Å². The van der Waals surface area contributed by atoms with E-state index < -0.39 is 0 Å². The topological polar surface area (TPSA) is 58.9 Å². The van der Waals surface area contributed by atoms with Gasteiger partial charge in [0.2, 0.25) is 0 Å². The highest BCUT2D eigenvalue weighted by Crippen LogP contribution is 2.20. The Morgan fingerprint density at radius 3 is 1.84 bits per heavy atom. The van der Waals surface area contributed by atoms with Crippen LogP contribution in [0.4, 0.5) is 0 Å². The van der Waals surface area contributed by atoms with Crippen molar-refractivity contribution < 1.29 is 19.7 Å². The standard InChI is InChI=1S/C16H16O.C13H12.C11H12O2.CH4O/c1-12(2)13(3)17-11-14-8-9-15-6-4-5-7-16(15)10-14;1-3-11-5-7-12-8-10(2)4-6-13(12)9-11;1-8(2)9(3)13-11-6-4-10(12)5-7-11;1-2/h4-10H,1,3,11H2,2H3;3-9H,1H2,2H3;4-7,12H,1,3H2,2H3;2H,1H3. The van der Waals surface area contributed by atoms with Gasteiger partial charge >= 0.3 is 0 Å². The fourth-order valence-corrected chi connectivity index (χ4v) is 3.88. The van der Waals surface area contributed by atoms with Gasteiger partial charge < -0.3 is 19.7 Å². The Balaban J connectivity index is 0.000000232. The monoisotopic (exact) mass is 600 g/mol. The summed E-state index contributed by atoms with van der Waals surface area (Å²) < 4.78 is 10.9. The zero-order valence-corrected chi connectivity index (χ0v) is 26.8. The Kier molecular flexibility index (Phi) is 14.6. The van der Waals surface area contributed by atoms with Gasteiger partial charge in [-0.3, -0.25) is 0 Å². The summed E-state index contributed by atoms with van der Waals surface area (Å²) >= 11 is 0. The number of hydrogen-bond donors (Lipinski definition) is 2. The fraction of sp³-hybridized carbons (Fsp3) is 0.122. The molecule has 0 aliphatic rings. The first-order chi connectivity index (χ1) is 21.5. The van der Waals surface area contributed by atoms with Crippen LogP contribution in [0.2, 0.25) is 0 Å². The number of hydrogen-bond acceptors (Lipinski definition) is 4. The molecule has 5 aromatic carbocycles. The first-order valence-corrected chi connectivity index (χ1v) is 14.4. The molecule has 0 aromatic heterocycles. The van der Waals surface area contributed by atoms with E-state index in [2.05, 4.69) is 107 Å². The van der Waals surface area contributed by atoms with Crippen LogP contribution in [0.3, 0.4) is 0 Å². The molecule has 5 aromatic rings. The Morgan fingerprint density at radius 2 is 1.22 bits per heavy atom. The molecular weight excluding hydrogens is 556 g/mol. The maximum atomic E-state index is 9.00. The molecule has 0 aliphatic heterocycles. The summed E-state index contributed by atoms with van der Waals surface area (Å²) in [7, 11) is 1.00. The van der Waals surface area contributed by atoms with Crippen LogP contribution >= 0.6 is 0 Å². The minimum absolute atomic E-state index is 0.216. The van der Waals surface area contributed by atoms with E-state index in [-0.39, 0.29) is 5.75 Å². The summed E-state index contributed by atoms with van der Waals surface area (Å²) in [5.41, 5.74) is 5.28. The molecular formula is C41H44O4. The van der Waals surface area contributed by atoms with Crippen LogP contribution in [0.1, 0.15) is 30.5 Å². The van der Waals surface area contributed by atoms with Crippen LogP contribution in [0.15, 0.2) is 159 Å². The summed E-state index contributed by atoms with van der Waals surface area (Å²) in [5, 5.41) is 21.1. The number of fused-ring (bicyclic) bond motifs is 2. The van der Waals surface area contributed by atoms with Crippen molar-refractivity contribution in [2.45, 2.75) is 27.4 Å². The molecule has 0 unspecified atom stereocenters. The number of rotatable bonds is 8. The molecule has 232 valence electrons. The first-order valence-electron chi connectivity index (χ1n) is 14.4. The molecule has 0 heterocycles. The molecule has 0 aliphatic carbocycles. The normalized spacial score (nSPS) is 9.62. The molecule has 0 fully saturated rings. The maximum absolute atomic E-state index is 9.00. The molecule has 4 nitrogen and oxygen atoms in total. The predicted octanol–water partition coefficient (Wildman–Crippen LogP) is 10.7. The third-order valence-corrected chi connectivity index (χ3v) is 6.51. The number of benzene rings is 5. The summed E-state index contributed by atoms with van der Waals surface area (Å²) in [5.74, 6) is 2.04. The third-order valence-electron chi connectivity index (χ3n) is 6.51. The SMILES string of the molecule is C=C(C)C(=C)OCc1ccc2ccccc2c1.C=C(C)C(=C)Oc1ccc(O)cc1.C=Cc1ccc2cc(C)ccc2c1.CO. The zero-order chi connectivity index (χ0) is 33.4. The number of aliphatic hydroxyl groups excluding tert-OH is 1. The van der Waals surface area contributed by atoms with Gasteiger partial charge in [0.15, 0.2) is 0 Å². The van der Waals surface area contributed by atoms with Crippen molar-refractivity contribution in [1.82, 2.24) is 0 Å². The summed E-state index contributed by atoms with van der Waals surface area (Å²) in [6.45, 7) is 25.1. The molecule has 0 atom stereocenters. The van der Waals surface area contributed by atoms with Crippen LogP contribution in [-0.4, -0.2) is 17.3 Å². The quantitative estimate of drug-likeness (QED) is 0.137. The van der Waals surface area contributed by atoms with E-state index >= 15 is 0 Å². The van der Waals surface area contributed by atoms with E-state index in [0.717, 1.165) is 23.8 Å². The van der Waals surface area contributed by atoms with Gasteiger partial charge in [0.1, 0.15) is 29.6 Å². The second kappa shape index (κ2) is 18.4. The Hall–Kier alpha value is -5.32. The van der Waals surface area contributed by atoms with E-state index in [1.165, 1.54) is 32.7 Å². The van der Waals surface area contributed by atoms with E-state index in [9.17, 15) is 0 Å². The highest BCUT2D eigenvalue weighted by Gasteiger charge is 2.00. The lowest BCUT2D eigenvalue weighted by molar-refractivity contribution is 0.208. The van der Waals surface area contributed by atoms with Gasteiger partial charge in [-0.25, -0.2) is 0 Å². The van der Waals surface area contributed by atoms with Gasteiger partial charge in [-0.05, 0) is 101 Å². The van der Waals surface area contributed by atoms with Gasteiger partial charge in [-0.15, -0.1) is 0 Å². The third kappa shape index (κ3) is 12.1. The number of ether oxygens (including phenoxy) is 2. The Labute approximate surface area is 268 Å². The second-order valence-corrected chi connectivity index (χ2v) is 10.3. The van der Waals surface area contributed by atoms with Gasteiger partial charge in [0, 0.05) is 7.11 Å². The van der Waals surface area contributed by atoms with Crippen molar-refractivity contribution in [2.24, 2.45) is 0 Å². The highest BCUT2D eigenvalue weighted by molar-refractivity contribution is 5.85.